The van der Waals surface area contributed by atoms with E-state index >= 15 is 0 Å². The zero-order chi connectivity index (χ0) is 13.0. The minimum Gasteiger partial charge on any atom is -0.288 e. The van der Waals surface area contributed by atoms with E-state index in [1.165, 1.54) is 5.56 Å². The van der Waals surface area contributed by atoms with Crippen molar-refractivity contribution in [1.29, 1.82) is 0 Å². The summed E-state index contributed by atoms with van der Waals surface area (Å²) in [7, 11) is 0. The Hall–Kier alpha value is -1.86. The van der Waals surface area contributed by atoms with Gasteiger partial charge in [0.2, 0.25) is 5.78 Å². The molecule has 0 bridgehead atoms. The van der Waals surface area contributed by atoms with Gasteiger partial charge in [-0.05, 0) is 18.6 Å². The number of halogens is 1. The number of aryl methyl sites for hydroxylation is 1. The zero-order valence-corrected chi connectivity index (χ0v) is 10.8. The molecule has 18 heavy (non-hydrogen) atoms. The maximum absolute atomic E-state index is 12.0. The summed E-state index contributed by atoms with van der Waals surface area (Å²) in [5.41, 5.74) is 2.71. The molecule has 0 atom stereocenters. The van der Waals surface area contributed by atoms with Crippen LogP contribution in [0.15, 0.2) is 59.6 Å². The number of Topliss-reactive ketones (excluding diaryl/α,β-unsaturated/α-hetero) is 1. The van der Waals surface area contributed by atoms with E-state index < -0.39 is 0 Å². The molecular formula is C16H13ClO. The Bertz CT molecular complexity index is 568. The Labute approximate surface area is 112 Å². The molecule has 0 radical (unpaired) electrons. The predicted molar refractivity (Wildman–Crippen MR) is 75.8 cm³/mol. The largest absolute Gasteiger partial charge is 0.288 e. The summed E-state index contributed by atoms with van der Waals surface area (Å²) in [4.78, 5) is 12.0. The van der Waals surface area contributed by atoms with Crippen molar-refractivity contribution in [2.24, 2.45) is 0 Å². The Morgan fingerprint density at radius 3 is 2.22 bits per heavy atom. The molecule has 2 heteroatoms. The average molecular weight is 257 g/mol. The van der Waals surface area contributed by atoms with Crippen molar-refractivity contribution in [3.63, 3.8) is 0 Å². The average Bonchev–Trinajstić information content (AvgIpc) is 2.41. The van der Waals surface area contributed by atoms with Crippen molar-refractivity contribution in [2.75, 3.05) is 0 Å². The van der Waals surface area contributed by atoms with Gasteiger partial charge in [-0.1, -0.05) is 71.8 Å². The second-order valence-corrected chi connectivity index (χ2v) is 4.51. The van der Waals surface area contributed by atoms with Gasteiger partial charge in [-0.15, -0.1) is 0 Å². The lowest BCUT2D eigenvalue weighted by molar-refractivity contribution is 0.104. The van der Waals surface area contributed by atoms with Crippen LogP contribution in [-0.4, -0.2) is 5.78 Å². The summed E-state index contributed by atoms with van der Waals surface area (Å²) in [5.74, 6) is -0.155. The van der Waals surface area contributed by atoms with Crippen LogP contribution in [-0.2, 0) is 0 Å². The highest BCUT2D eigenvalue weighted by atomic mass is 35.5. The van der Waals surface area contributed by atoms with Gasteiger partial charge in [0.1, 0.15) is 0 Å². The van der Waals surface area contributed by atoms with Gasteiger partial charge in [-0.25, -0.2) is 0 Å². The lowest BCUT2D eigenvalue weighted by atomic mass is 10.1. The number of carbonyl (C=O) groups excluding carboxylic acids is 1. The Morgan fingerprint density at radius 2 is 1.61 bits per heavy atom. The fraction of sp³-hybridized carbons (Fsp3) is 0.0625. The van der Waals surface area contributed by atoms with Crippen LogP contribution in [0.4, 0.5) is 0 Å². The molecule has 0 saturated carbocycles. The summed E-state index contributed by atoms with van der Waals surface area (Å²) < 4.78 is 0. The first-order chi connectivity index (χ1) is 8.66. The molecule has 0 heterocycles. The molecular weight excluding hydrogens is 244 g/mol. The Kier molecular flexibility index (Phi) is 3.96. The van der Waals surface area contributed by atoms with Crippen molar-refractivity contribution in [3.05, 3.63) is 76.3 Å². The van der Waals surface area contributed by atoms with Gasteiger partial charge >= 0.3 is 0 Å². The van der Waals surface area contributed by atoms with Crippen LogP contribution in [0.2, 0.25) is 0 Å². The molecule has 0 fully saturated rings. The molecule has 0 aliphatic rings. The van der Waals surface area contributed by atoms with Crippen molar-refractivity contribution >= 4 is 23.5 Å². The smallest absolute Gasteiger partial charge is 0.204 e. The molecule has 0 unspecified atom stereocenters. The summed E-state index contributed by atoms with van der Waals surface area (Å²) in [6, 6.07) is 16.9. The first-order valence-corrected chi connectivity index (χ1v) is 6.08. The van der Waals surface area contributed by atoms with E-state index in [4.69, 9.17) is 11.6 Å². The summed E-state index contributed by atoms with van der Waals surface area (Å²) in [6.07, 6.45) is 1.69. The predicted octanol–water partition coefficient (Wildman–Crippen LogP) is 4.46. The fourth-order valence-electron chi connectivity index (χ4n) is 1.60. The zero-order valence-electron chi connectivity index (χ0n) is 10.1. The number of hydrogen-bond donors (Lipinski definition) is 0. The third kappa shape index (κ3) is 3.08. The molecule has 90 valence electrons. The first-order valence-electron chi connectivity index (χ1n) is 5.70. The molecule has 0 aliphatic heterocycles. The van der Waals surface area contributed by atoms with Gasteiger partial charge in [-0.3, -0.25) is 4.79 Å². The van der Waals surface area contributed by atoms with Crippen molar-refractivity contribution in [1.82, 2.24) is 0 Å². The standard InChI is InChI=1S/C16H13ClO/c1-12-7-9-13(10-8-12)11-15(17)16(18)14-5-3-2-4-6-14/h2-11H,1H3/b15-11-. The normalized spacial score (nSPS) is 11.3. The van der Waals surface area contributed by atoms with Crippen molar-refractivity contribution < 1.29 is 4.79 Å². The summed E-state index contributed by atoms with van der Waals surface area (Å²) in [6.45, 7) is 2.02. The molecule has 2 rings (SSSR count). The van der Waals surface area contributed by atoms with E-state index in [0.717, 1.165) is 5.56 Å². The third-order valence-corrected chi connectivity index (χ3v) is 2.90. The summed E-state index contributed by atoms with van der Waals surface area (Å²) >= 11 is 6.05. The minimum absolute atomic E-state index is 0.155. The van der Waals surface area contributed by atoms with Crippen LogP contribution < -0.4 is 0 Å². The number of hydrogen-bond acceptors (Lipinski definition) is 1. The molecule has 0 N–H and O–H groups in total. The fourth-order valence-corrected chi connectivity index (χ4v) is 1.84. The van der Waals surface area contributed by atoms with E-state index in [2.05, 4.69) is 0 Å². The van der Waals surface area contributed by atoms with E-state index in [0.29, 0.717) is 5.56 Å². The van der Waals surface area contributed by atoms with Gasteiger partial charge in [0, 0.05) is 5.56 Å². The van der Waals surface area contributed by atoms with Crippen LogP contribution in [0.3, 0.4) is 0 Å². The second kappa shape index (κ2) is 5.65. The maximum atomic E-state index is 12.0. The number of allylic oxidation sites excluding steroid dienone is 1. The highest BCUT2D eigenvalue weighted by Gasteiger charge is 2.09. The summed E-state index contributed by atoms with van der Waals surface area (Å²) in [5, 5.41) is 0.227. The molecule has 1 nitrogen and oxygen atoms in total. The molecule has 0 amide bonds. The van der Waals surface area contributed by atoms with Crippen molar-refractivity contribution in [3.8, 4) is 0 Å². The van der Waals surface area contributed by atoms with Crippen LogP contribution in [0.5, 0.6) is 0 Å². The maximum Gasteiger partial charge on any atom is 0.204 e. The lowest BCUT2D eigenvalue weighted by Gasteiger charge is -2.00. The molecule has 2 aromatic carbocycles. The first kappa shape index (κ1) is 12.6. The lowest BCUT2D eigenvalue weighted by Crippen LogP contribution is -1.98. The number of carbonyl (C=O) groups is 1. The van der Waals surface area contributed by atoms with Gasteiger partial charge < -0.3 is 0 Å². The molecule has 0 aromatic heterocycles. The topological polar surface area (TPSA) is 17.1 Å². The van der Waals surface area contributed by atoms with E-state index in [1.807, 2.05) is 49.4 Å². The minimum atomic E-state index is -0.155. The SMILES string of the molecule is Cc1ccc(/C=C(\Cl)C(=O)c2ccccc2)cc1. The second-order valence-electron chi connectivity index (χ2n) is 4.10. The van der Waals surface area contributed by atoms with Crippen LogP contribution in [0, 0.1) is 6.92 Å². The van der Waals surface area contributed by atoms with E-state index in [9.17, 15) is 4.79 Å². The third-order valence-electron chi connectivity index (χ3n) is 2.62. The highest BCUT2D eigenvalue weighted by Crippen LogP contribution is 2.16. The van der Waals surface area contributed by atoms with E-state index in [-0.39, 0.29) is 10.8 Å². The van der Waals surface area contributed by atoms with Gasteiger partial charge in [-0.2, -0.15) is 0 Å². The van der Waals surface area contributed by atoms with Crippen LogP contribution >= 0.6 is 11.6 Å². The molecule has 0 aliphatic carbocycles. The Morgan fingerprint density at radius 1 is 1.00 bits per heavy atom. The number of rotatable bonds is 3. The van der Waals surface area contributed by atoms with Gasteiger partial charge in [0.15, 0.2) is 0 Å². The van der Waals surface area contributed by atoms with Crippen LogP contribution in [0.1, 0.15) is 21.5 Å². The molecule has 2 aromatic rings. The Balaban J connectivity index is 2.23. The monoisotopic (exact) mass is 256 g/mol. The van der Waals surface area contributed by atoms with Gasteiger partial charge in [0.05, 0.1) is 5.03 Å². The molecule has 0 saturated heterocycles. The molecule has 0 spiro atoms. The van der Waals surface area contributed by atoms with Crippen molar-refractivity contribution in [2.45, 2.75) is 6.92 Å². The quantitative estimate of drug-likeness (QED) is 0.585. The number of benzene rings is 2. The van der Waals surface area contributed by atoms with E-state index in [1.54, 1.807) is 18.2 Å². The van der Waals surface area contributed by atoms with Gasteiger partial charge in [0.25, 0.3) is 0 Å². The highest BCUT2D eigenvalue weighted by molar-refractivity contribution is 6.47. The number of ketones is 1. The van der Waals surface area contributed by atoms with Crippen LogP contribution in [0.25, 0.3) is 6.08 Å².